The van der Waals surface area contributed by atoms with Gasteiger partial charge in [-0.05, 0) is 44.1 Å². The first-order valence-corrected chi connectivity index (χ1v) is 11.7. The van der Waals surface area contributed by atoms with Gasteiger partial charge in [-0.2, -0.15) is 0 Å². The van der Waals surface area contributed by atoms with Crippen LogP contribution in [0.3, 0.4) is 0 Å². The molecule has 0 saturated carbocycles. The van der Waals surface area contributed by atoms with Crippen LogP contribution < -0.4 is 33.2 Å². The summed E-state index contributed by atoms with van der Waals surface area (Å²) in [5.74, 6) is -4.30. The summed E-state index contributed by atoms with van der Waals surface area (Å²) in [7, 11) is 0. The van der Waals surface area contributed by atoms with Crippen LogP contribution in [0.15, 0.2) is 0 Å². The number of rotatable bonds is 17. The number of hydrogen-bond donors (Lipinski definition) is 7. The Kier molecular flexibility index (Phi) is 14.7. The molecule has 0 spiro atoms. The number of nitrogens with one attached hydrogen (secondary N) is 3. The van der Waals surface area contributed by atoms with Crippen molar-refractivity contribution in [3.05, 3.63) is 0 Å². The highest BCUT2D eigenvalue weighted by atomic mass is 16.4. The molecule has 12 nitrogen and oxygen atoms in total. The van der Waals surface area contributed by atoms with Crippen LogP contribution >= 0.6 is 0 Å². The normalized spacial score (nSPS) is 15.5. The number of carboxylic acid groups (broad SMARTS) is 1. The average molecular weight is 487 g/mol. The van der Waals surface area contributed by atoms with Crippen LogP contribution in [0.25, 0.3) is 0 Å². The van der Waals surface area contributed by atoms with Gasteiger partial charge in [0, 0.05) is 6.42 Å². The van der Waals surface area contributed by atoms with E-state index in [4.69, 9.17) is 17.2 Å². The Balaban J connectivity index is 5.46. The molecule has 0 aliphatic heterocycles. The fourth-order valence-electron chi connectivity index (χ4n) is 3.14. The maximum absolute atomic E-state index is 13.0. The van der Waals surface area contributed by atoms with Gasteiger partial charge >= 0.3 is 5.97 Å². The molecule has 0 bridgehead atoms. The summed E-state index contributed by atoms with van der Waals surface area (Å²) >= 11 is 0. The van der Waals surface area contributed by atoms with E-state index in [1.165, 1.54) is 0 Å². The van der Waals surface area contributed by atoms with E-state index in [0.717, 1.165) is 0 Å². The van der Waals surface area contributed by atoms with Crippen molar-refractivity contribution in [1.29, 1.82) is 0 Å². The second kappa shape index (κ2) is 16.0. The lowest BCUT2D eigenvalue weighted by Gasteiger charge is -2.27. The van der Waals surface area contributed by atoms with Crippen LogP contribution in [-0.4, -0.2) is 65.4 Å². The number of amides is 4. The minimum Gasteiger partial charge on any atom is -0.480 e. The number of carbonyl (C=O) groups excluding carboxylic acids is 4. The van der Waals surface area contributed by atoms with Gasteiger partial charge in [-0.25, -0.2) is 4.79 Å². The Hall–Kier alpha value is -2.73. The molecule has 196 valence electrons. The fraction of sp³-hybridized carbons (Fsp3) is 0.773. The van der Waals surface area contributed by atoms with Gasteiger partial charge in [0.2, 0.25) is 23.6 Å². The molecule has 0 saturated heterocycles. The van der Waals surface area contributed by atoms with Gasteiger partial charge in [0.1, 0.15) is 18.1 Å². The zero-order valence-electron chi connectivity index (χ0n) is 20.6. The minimum absolute atomic E-state index is 0.0800. The van der Waals surface area contributed by atoms with E-state index >= 15 is 0 Å². The molecule has 0 rings (SSSR count). The predicted octanol–water partition coefficient (Wildman–Crippen LogP) is -1.05. The third kappa shape index (κ3) is 11.4. The van der Waals surface area contributed by atoms with E-state index in [2.05, 4.69) is 16.0 Å². The topological polar surface area (TPSA) is 220 Å². The van der Waals surface area contributed by atoms with E-state index in [1.807, 2.05) is 6.92 Å². The Morgan fingerprint density at radius 1 is 0.853 bits per heavy atom. The van der Waals surface area contributed by atoms with Gasteiger partial charge in [0.05, 0.1) is 6.04 Å². The Bertz CT molecular complexity index is 701. The Labute approximate surface area is 201 Å². The Morgan fingerprint density at radius 3 is 1.91 bits per heavy atom. The van der Waals surface area contributed by atoms with Gasteiger partial charge in [-0.3, -0.25) is 19.2 Å². The molecule has 0 aromatic carbocycles. The highest BCUT2D eigenvalue weighted by Gasteiger charge is 2.32. The van der Waals surface area contributed by atoms with Crippen molar-refractivity contribution in [1.82, 2.24) is 16.0 Å². The van der Waals surface area contributed by atoms with Crippen molar-refractivity contribution in [2.24, 2.45) is 29.0 Å². The minimum atomic E-state index is -1.19. The van der Waals surface area contributed by atoms with Crippen molar-refractivity contribution in [2.45, 2.75) is 90.4 Å². The van der Waals surface area contributed by atoms with E-state index in [9.17, 15) is 29.1 Å². The molecular weight excluding hydrogens is 444 g/mol. The van der Waals surface area contributed by atoms with Crippen LogP contribution in [0.5, 0.6) is 0 Å². The Morgan fingerprint density at radius 2 is 1.44 bits per heavy atom. The summed E-state index contributed by atoms with van der Waals surface area (Å²) in [5, 5.41) is 17.0. The van der Waals surface area contributed by atoms with Crippen molar-refractivity contribution in [2.75, 3.05) is 6.54 Å². The fourth-order valence-corrected chi connectivity index (χ4v) is 3.14. The van der Waals surface area contributed by atoms with Crippen LogP contribution in [0.4, 0.5) is 0 Å². The van der Waals surface area contributed by atoms with E-state index in [-0.39, 0.29) is 25.2 Å². The molecule has 34 heavy (non-hydrogen) atoms. The molecule has 5 atom stereocenters. The van der Waals surface area contributed by atoms with Crippen LogP contribution in [0, 0.1) is 11.8 Å². The number of nitrogens with two attached hydrogens (primary N) is 3. The summed E-state index contributed by atoms with van der Waals surface area (Å²) in [6.45, 7) is 7.45. The number of hydrogen-bond acceptors (Lipinski definition) is 7. The SMILES string of the molecule is CCC(C)C(N)C(=O)NC(CCC(N)=O)C(=O)NC(C(=O)NC(CCCCN)C(=O)O)C(C)C. The molecule has 4 amide bonds. The third-order valence-corrected chi connectivity index (χ3v) is 5.68. The number of primary amides is 1. The maximum atomic E-state index is 13.0. The van der Waals surface area contributed by atoms with Crippen LogP contribution in [0.2, 0.25) is 0 Å². The molecule has 0 radical (unpaired) electrons. The molecule has 0 heterocycles. The predicted molar refractivity (Wildman–Crippen MR) is 127 cm³/mol. The second-order valence-electron chi connectivity index (χ2n) is 8.89. The quantitative estimate of drug-likeness (QED) is 0.125. The van der Waals surface area contributed by atoms with Crippen molar-refractivity contribution >= 4 is 29.6 Å². The molecule has 0 aliphatic rings. The highest BCUT2D eigenvalue weighted by molar-refractivity contribution is 5.94. The standard InChI is InChI=1S/C22H42N6O6/c1-5-13(4)17(25)20(31)26-14(9-10-16(24)29)19(30)28-18(12(2)3)21(32)27-15(22(33)34)8-6-7-11-23/h12-15,17-18H,5-11,23,25H2,1-4H3,(H2,24,29)(H,26,31)(H,27,32)(H,28,30)(H,33,34). The van der Waals surface area contributed by atoms with Crippen molar-refractivity contribution in [3.63, 3.8) is 0 Å². The summed E-state index contributed by atoms with van der Waals surface area (Å²) in [6, 6.07) is -4.21. The summed E-state index contributed by atoms with van der Waals surface area (Å²) in [4.78, 5) is 61.1. The number of aliphatic carboxylic acids is 1. The zero-order chi connectivity index (χ0) is 26.4. The molecule has 0 aromatic rings. The third-order valence-electron chi connectivity index (χ3n) is 5.68. The number of carbonyl (C=O) groups is 5. The largest absolute Gasteiger partial charge is 0.480 e. The van der Waals surface area contributed by atoms with Crippen molar-refractivity contribution < 1.29 is 29.1 Å². The first-order valence-electron chi connectivity index (χ1n) is 11.7. The summed E-state index contributed by atoms with van der Waals surface area (Å²) < 4.78 is 0. The smallest absolute Gasteiger partial charge is 0.326 e. The maximum Gasteiger partial charge on any atom is 0.326 e. The van der Waals surface area contributed by atoms with Gasteiger partial charge in [-0.15, -0.1) is 0 Å². The van der Waals surface area contributed by atoms with E-state index in [0.29, 0.717) is 25.8 Å². The van der Waals surface area contributed by atoms with Gasteiger partial charge < -0.3 is 38.3 Å². The molecule has 0 fully saturated rings. The molecule has 0 aromatic heterocycles. The number of unbranched alkanes of at least 4 members (excludes halogenated alkanes) is 1. The van der Waals surface area contributed by atoms with Gasteiger partial charge in [0.15, 0.2) is 0 Å². The zero-order valence-corrected chi connectivity index (χ0v) is 20.6. The monoisotopic (exact) mass is 486 g/mol. The van der Waals surface area contributed by atoms with Gasteiger partial charge in [-0.1, -0.05) is 34.1 Å². The average Bonchev–Trinajstić information content (AvgIpc) is 2.77. The molecular formula is C22H42N6O6. The molecule has 10 N–H and O–H groups in total. The lowest BCUT2D eigenvalue weighted by atomic mass is 9.98. The lowest BCUT2D eigenvalue weighted by Crippen LogP contribution is -2.58. The highest BCUT2D eigenvalue weighted by Crippen LogP contribution is 2.09. The summed E-state index contributed by atoms with van der Waals surface area (Å²) in [5.41, 5.74) is 16.6. The summed E-state index contributed by atoms with van der Waals surface area (Å²) in [6.07, 6.45) is 1.73. The molecule has 5 unspecified atom stereocenters. The lowest BCUT2D eigenvalue weighted by molar-refractivity contribution is -0.142. The van der Waals surface area contributed by atoms with Gasteiger partial charge in [0.25, 0.3) is 0 Å². The van der Waals surface area contributed by atoms with Crippen LogP contribution in [-0.2, 0) is 24.0 Å². The molecule has 0 aliphatic carbocycles. The molecule has 12 heteroatoms. The first-order chi connectivity index (χ1) is 15.8. The first kappa shape index (κ1) is 31.3. The van der Waals surface area contributed by atoms with Crippen molar-refractivity contribution in [3.8, 4) is 0 Å². The van der Waals surface area contributed by atoms with Crippen LogP contribution in [0.1, 0.15) is 66.2 Å². The number of carboxylic acids is 1. The second-order valence-corrected chi connectivity index (χ2v) is 8.89. The van der Waals surface area contributed by atoms with E-state index in [1.54, 1.807) is 20.8 Å². The van der Waals surface area contributed by atoms with E-state index < -0.39 is 59.7 Å².